The Morgan fingerprint density at radius 1 is 1.35 bits per heavy atom. The van der Waals surface area contributed by atoms with Gasteiger partial charge in [-0.1, -0.05) is 35.0 Å². The minimum atomic E-state index is -0.314. The summed E-state index contributed by atoms with van der Waals surface area (Å²) in [6.07, 6.45) is 0. The lowest BCUT2D eigenvalue weighted by molar-refractivity contribution is -0.137. The van der Waals surface area contributed by atoms with Crippen LogP contribution in [-0.2, 0) is 22.7 Å². The van der Waals surface area contributed by atoms with Crippen LogP contribution < -0.4 is 4.74 Å². The molecule has 0 atom stereocenters. The lowest BCUT2D eigenvalue weighted by Crippen LogP contribution is -2.09. The monoisotopic (exact) mass is 375 g/mol. The van der Waals surface area contributed by atoms with Crippen molar-refractivity contribution in [3.8, 4) is 5.75 Å². The van der Waals surface area contributed by atoms with Crippen molar-refractivity contribution < 1.29 is 14.3 Å². The van der Waals surface area contributed by atoms with Gasteiger partial charge in [-0.3, -0.25) is 4.79 Å². The summed E-state index contributed by atoms with van der Waals surface area (Å²) in [7, 11) is 1.35. The SMILES string of the molecule is CCn1c(COc2ccc(Cl)cc2Cl)nnc1SCC(=O)OC. The molecule has 1 aromatic heterocycles. The molecule has 0 aliphatic heterocycles. The average Bonchev–Trinajstić information content (AvgIpc) is 2.93. The second-order valence-electron chi connectivity index (χ2n) is 4.37. The van der Waals surface area contributed by atoms with Crippen molar-refractivity contribution in [3.63, 3.8) is 0 Å². The molecule has 2 aromatic rings. The number of nitrogens with zero attached hydrogens (tertiary/aromatic N) is 3. The van der Waals surface area contributed by atoms with Crippen LogP contribution >= 0.6 is 35.0 Å². The van der Waals surface area contributed by atoms with Crippen LogP contribution in [0, 0.1) is 0 Å². The van der Waals surface area contributed by atoms with E-state index in [1.807, 2.05) is 11.5 Å². The predicted octanol–water partition coefficient (Wildman–Crippen LogP) is 3.45. The highest BCUT2D eigenvalue weighted by Gasteiger charge is 2.14. The third-order valence-electron chi connectivity index (χ3n) is 2.91. The number of hydrogen-bond acceptors (Lipinski definition) is 6. The molecule has 0 bridgehead atoms. The maximum absolute atomic E-state index is 11.2. The Bertz CT molecular complexity index is 694. The predicted molar refractivity (Wildman–Crippen MR) is 89.2 cm³/mol. The quantitative estimate of drug-likeness (QED) is 0.545. The Hall–Kier alpha value is -1.44. The van der Waals surface area contributed by atoms with Gasteiger partial charge in [0, 0.05) is 11.6 Å². The molecule has 0 radical (unpaired) electrons. The second kappa shape index (κ2) is 8.42. The van der Waals surface area contributed by atoms with Crippen LogP contribution in [-0.4, -0.2) is 33.6 Å². The van der Waals surface area contributed by atoms with E-state index >= 15 is 0 Å². The first kappa shape index (κ1) is 17.9. The van der Waals surface area contributed by atoms with Crippen molar-refractivity contribution in [2.24, 2.45) is 0 Å². The molecule has 6 nitrogen and oxygen atoms in total. The van der Waals surface area contributed by atoms with E-state index in [1.54, 1.807) is 18.2 Å². The summed E-state index contributed by atoms with van der Waals surface area (Å²) in [6.45, 7) is 2.83. The van der Waals surface area contributed by atoms with E-state index in [-0.39, 0.29) is 18.3 Å². The number of methoxy groups -OCH3 is 1. The van der Waals surface area contributed by atoms with Gasteiger partial charge in [0.15, 0.2) is 11.0 Å². The van der Waals surface area contributed by atoms with Crippen LogP contribution in [0.4, 0.5) is 0 Å². The molecule has 0 unspecified atom stereocenters. The first-order valence-corrected chi connectivity index (χ1v) is 8.48. The Kier molecular flexibility index (Phi) is 6.56. The van der Waals surface area contributed by atoms with Gasteiger partial charge in [-0.25, -0.2) is 0 Å². The van der Waals surface area contributed by atoms with Gasteiger partial charge < -0.3 is 14.0 Å². The third kappa shape index (κ3) is 4.76. The van der Waals surface area contributed by atoms with Crippen molar-refractivity contribution in [2.45, 2.75) is 25.2 Å². The van der Waals surface area contributed by atoms with Gasteiger partial charge in [0.25, 0.3) is 0 Å². The molecular formula is C14H15Cl2N3O3S. The van der Waals surface area contributed by atoms with E-state index in [0.717, 1.165) is 0 Å². The zero-order valence-electron chi connectivity index (χ0n) is 12.6. The molecule has 0 N–H and O–H groups in total. The van der Waals surface area contributed by atoms with Crippen molar-refractivity contribution >= 4 is 40.9 Å². The Morgan fingerprint density at radius 3 is 2.78 bits per heavy atom. The second-order valence-corrected chi connectivity index (χ2v) is 6.16. The maximum Gasteiger partial charge on any atom is 0.316 e. The zero-order valence-corrected chi connectivity index (χ0v) is 14.9. The van der Waals surface area contributed by atoms with Crippen LogP contribution in [0.2, 0.25) is 10.0 Å². The standard InChI is InChI=1S/C14H15Cl2N3O3S/c1-3-19-12(17-18-14(19)23-8-13(20)21-2)7-22-11-5-4-9(15)6-10(11)16/h4-6H,3,7-8H2,1-2H3. The summed E-state index contributed by atoms with van der Waals surface area (Å²) in [5.74, 6) is 1.03. The van der Waals surface area contributed by atoms with E-state index in [0.29, 0.717) is 33.3 Å². The van der Waals surface area contributed by atoms with Gasteiger partial charge in [-0.2, -0.15) is 0 Å². The van der Waals surface area contributed by atoms with Gasteiger partial charge in [0.05, 0.1) is 17.9 Å². The van der Waals surface area contributed by atoms with E-state index in [9.17, 15) is 4.79 Å². The van der Waals surface area contributed by atoms with Crippen molar-refractivity contribution in [3.05, 3.63) is 34.1 Å². The highest BCUT2D eigenvalue weighted by molar-refractivity contribution is 7.99. The van der Waals surface area contributed by atoms with Gasteiger partial charge in [0.2, 0.25) is 0 Å². The fourth-order valence-corrected chi connectivity index (χ4v) is 3.08. The van der Waals surface area contributed by atoms with Crippen LogP contribution in [0.1, 0.15) is 12.7 Å². The topological polar surface area (TPSA) is 66.2 Å². The van der Waals surface area contributed by atoms with Gasteiger partial charge in [0.1, 0.15) is 12.4 Å². The fraction of sp³-hybridized carbons (Fsp3) is 0.357. The molecule has 0 amide bonds. The smallest absolute Gasteiger partial charge is 0.316 e. The molecular weight excluding hydrogens is 361 g/mol. The number of esters is 1. The van der Waals surface area contributed by atoms with E-state index in [4.69, 9.17) is 27.9 Å². The minimum absolute atomic E-state index is 0.179. The largest absolute Gasteiger partial charge is 0.484 e. The number of halogens is 2. The molecule has 0 aliphatic carbocycles. The lowest BCUT2D eigenvalue weighted by Gasteiger charge is -2.09. The summed E-state index contributed by atoms with van der Waals surface area (Å²) in [5.41, 5.74) is 0. The molecule has 0 saturated heterocycles. The number of hydrogen-bond donors (Lipinski definition) is 0. The number of carbonyl (C=O) groups is 1. The molecule has 2 rings (SSSR count). The Labute approximate surface area is 148 Å². The Balaban J connectivity index is 2.05. The zero-order chi connectivity index (χ0) is 16.8. The minimum Gasteiger partial charge on any atom is -0.484 e. The van der Waals surface area contributed by atoms with Crippen LogP contribution in [0.15, 0.2) is 23.4 Å². The number of carbonyl (C=O) groups excluding carboxylic acids is 1. The van der Waals surface area contributed by atoms with Gasteiger partial charge in [-0.05, 0) is 25.1 Å². The summed E-state index contributed by atoms with van der Waals surface area (Å²) < 4.78 is 12.2. The molecule has 0 spiro atoms. The maximum atomic E-state index is 11.2. The number of benzene rings is 1. The number of rotatable bonds is 7. The summed E-state index contributed by atoms with van der Waals surface area (Å²) in [6, 6.07) is 5.01. The first-order chi connectivity index (χ1) is 11.0. The number of ether oxygens (including phenoxy) is 2. The normalized spacial score (nSPS) is 10.6. The highest BCUT2D eigenvalue weighted by Crippen LogP contribution is 2.28. The molecule has 0 saturated carbocycles. The lowest BCUT2D eigenvalue weighted by atomic mass is 10.3. The first-order valence-electron chi connectivity index (χ1n) is 6.74. The van der Waals surface area contributed by atoms with Gasteiger partial charge in [-0.15, -0.1) is 10.2 Å². The number of thioether (sulfide) groups is 1. The molecule has 124 valence electrons. The van der Waals surface area contributed by atoms with E-state index < -0.39 is 0 Å². The number of aromatic nitrogens is 3. The highest BCUT2D eigenvalue weighted by atomic mass is 35.5. The summed E-state index contributed by atoms with van der Waals surface area (Å²) >= 11 is 13.2. The average molecular weight is 376 g/mol. The molecule has 0 fully saturated rings. The Morgan fingerprint density at radius 2 is 2.13 bits per heavy atom. The van der Waals surface area contributed by atoms with E-state index in [2.05, 4.69) is 14.9 Å². The van der Waals surface area contributed by atoms with Crippen LogP contribution in [0.3, 0.4) is 0 Å². The van der Waals surface area contributed by atoms with Crippen LogP contribution in [0.5, 0.6) is 5.75 Å². The molecule has 9 heteroatoms. The van der Waals surface area contributed by atoms with Crippen molar-refractivity contribution in [1.29, 1.82) is 0 Å². The fourth-order valence-electron chi connectivity index (χ4n) is 1.77. The molecule has 1 aromatic carbocycles. The van der Waals surface area contributed by atoms with E-state index in [1.165, 1.54) is 18.9 Å². The van der Waals surface area contributed by atoms with Gasteiger partial charge >= 0.3 is 5.97 Å². The summed E-state index contributed by atoms with van der Waals surface area (Å²) in [4.78, 5) is 11.2. The molecule has 0 aliphatic rings. The van der Waals surface area contributed by atoms with Crippen LogP contribution in [0.25, 0.3) is 0 Å². The molecule has 23 heavy (non-hydrogen) atoms. The van der Waals surface area contributed by atoms with Crippen molar-refractivity contribution in [2.75, 3.05) is 12.9 Å². The van der Waals surface area contributed by atoms with Crippen molar-refractivity contribution in [1.82, 2.24) is 14.8 Å². The molecule has 1 heterocycles. The summed E-state index contributed by atoms with van der Waals surface area (Å²) in [5, 5.41) is 9.79. The third-order valence-corrected chi connectivity index (χ3v) is 4.38.